The predicted molar refractivity (Wildman–Crippen MR) is 88.3 cm³/mol. The molecule has 1 N–H and O–H groups in total. The average Bonchev–Trinajstić information content (AvgIpc) is 2.62. The Kier molecular flexibility index (Phi) is 4.66. The molecular formula is C16H16N4O4. The number of amides is 1. The molecule has 1 aromatic carbocycles. The van der Waals surface area contributed by atoms with E-state index >= 15 is 0 Å². The van der Waals surface area contributed by atoms with Gasteiger partial charge in [0.2, 0.25) is 0 Å². The highest BCUT2D eigenvalue weighted by Gasteiger charge is 2.23. The minimum Gasteiger partial charge on any atom is -0.378 e. The highest BCUT2D eigenvalue weighted by Crippen LogP contribution is 2.30. The Labute approximate surface area is 138 Å². The first kappa shape index (κ1) is 15.9. The number of benzene rings is 1. The molecule has 1 aliphatic rings. The number of hydrogen-bond donors (Lipinski definition) is 1. The van der Waals surface area contributed by atoms with Crippen LogP contribution in [0.5, 0.6) is 0 Å². The lowest BCUT2D eigenvalue weighted by molar-refractivity contribution is -0.384. The summed E-state index contributed by atoms with van der Waals surface area (Å²) in [6, 6.07) is 9.61. The fourth-order valence-electron chi connectivity index (χ4n) is 2.51. The van der Waals surface area contributed by atoms with Crippen LogP contribution in [0, 0.1) is 10.1 Å². The predicted octanol–water partition coefficient (Wildman–Crippen LogP) is 2.08. The van der Waals surface area contributed by atoms with E-state index in [2.05, 4.69) is 10.3 Å². The first-order valence-corrected chi connectivity index (χ1v) is 7.48. The summed E-state index contributed by atoms with van der Waals surface area (Å²) in [5, 5.41) is 14.0. The third-order valence-corrected chi connectivity index (χ3v) is 3.69. The molecule has 3 rings (SSSR count). The number of pyridine rings is 1. The summed E-state index contributed by atoms with van der Waals surface area (Å²) in [4.78, 5) is 29.1. The number of nitro benzene ring substituents is 1. The molecule has 124 valence electrons. The number of carbonyl (C=O) groups excluding carboxylic acids is 1. The zero-order valence-electron chi connectivity index (χ0n) is 12.8. The summed E-state index contributed by atoms with van der Waals surface area (Å²) in [5.41, 5.74) is 0.618. The highest BCUT2D eigenvalue weighted by atomic mass is 16.6. The van der Waals surface area contributed by atoms with Crippen molar-refractivity contribution in [2.24, 2.45) is 0 Å². The van der Waals surface area contributed by atoms with Crippen LogP contribution in [0.4, 0.5) is 17.2 Å². The number of rotatable bonds is 4. The normalized spacial score (nSPS) is 14.2. The number of carbonyl (C=O) groups is 1. The minimum absolute atomic E-state index is 0.0921. The van der Waals surface area contributed by atoms with Gasteiger partial charge in [0.15, 0.2) is 0 Å². The fourth-order valence-corrected chi connectivity index (χ4v) is 2.51. The molecule has 8 nitrogen and oxygen atoms in total. The smallest absolute Gasteiger partial charge is 0.293 e. The topological polar surface area (TPSA) is 97.6 Å². The maximum atomic E-state index is 12.3. The molecule has 0 radical (unpaired) electrons. The summed E-state index contributed by atoms with van der Waals surface area (Å²) >= 11 is 0. The number of anilines is 2. The molecular weight excluding hydrogens is 312 g/mol. The summed E-state index contributed by atoms with van der Waals surface area (Å²) < 4.78 is 5.27. The average molecular weight is 328 g/mol. The number of ether oxygens (including phenoxy) is 1. The summed E-state index contributed by atoms with van der Waals surface area (Å²) in [6.07, 6.45) is 1.56. The van der Waals surface area contributed by atoms with Gasteiger partial charge in [0.1, 0.15) is 11.5 Å². The van der Waals surface area contributed by atoms with E-state index in [4.69, 9.17) is 4.74 Å². The van der Waals surface area contributed by atoms with Crippen molar-refractivity contribution in [1.29, 1.82) is 0 Å². The lowest BCUT2D eigenvalue weighted by atomic mass is 10.1. The lowest BCUT2D eigenvalue weighted by Crippen LogP contribution is -2.36. The second-order valence-electron chi connectivity index (χ2n) is 5.23. The molecule has 2 heterocycles. The molecule has 24 heavy (non-hydrogen) atoms. The Morgan fingerprint density at radius 2 is 2.04 bits per heavy atom. The van der Waals surface area contributed by atoms with Crippen LogP contribution in [-0.4, -0.2) is 42.1 Å². The van der Waals surface area contributed by atoms with E-state index in [1.807, 2.05) is 4.90 Å². The van der Waals surface area contributed by atoms with Crippen molar-refractivity contribution in [1.82, 2.24) is 4.98 Å². The van der Waals surface area contributed by atoms with Gasteiger partial charge in [0.05, 0.1) is 18.1 Å². The summed E-state index contributed by atoms with van der Waals surface area (Å²) in [6.45, 7) is 2.22. The number of nitrogens with one attached hydrogen (secondary N) is 1. The Hall–Kier alpha value is -3.00. The molecule has 1 aromatic heterocycles. The van der Waals surface area contributed by atoms with Crippen LogP contribution in [0.25, 0.3) is 0 Å². The van der Waals surface area contributed by atoms with Crippen molar-refractivity contribution in [3.05, 3.63) is 58.3 Å². The molecule has 1 aliphatic heterocycles. The minimum atomic E-state index is -0.470. The van der Waals surface area contributed by atoms with Gasteiger partial charge in [-0.05, 0) is 24.3 Å². The Morgan fingerprint density at radius 3 is 2.71 bits per heavy atom. The van der Waals surface area contributed by atoms with Crippen LogP contribution in [0.1, 0.15) is 10.4 Å². The standard InChI is InChI=1S/C16H16N4O4/c21-16(18-15-3-1-2-6-17-15)12-4-5-13(14(11-12)20(22)23)19-7-9-24-10-8-19/h1-6,11H,7-10H2,(H,17,18,21). The molecule has 0 unspecified atom stereocenters. The van der Waals surface area contributed by atoms with Crippen LogP contribution in [0.3, 0.4) is 0 Å². The second kappa shape index (κ2) is 7.05. The zero-order chi connectivity index (χ0) is 16.9. The van der Waals surface area contributed by atoms with Crippen LogP contribution < -0.4 is 10.2 Å². The van der Waals surface area contributed by atoms with Crippen molar-refractivity contribution >= 4 is 23.1 Å². The van der Waals surface area contributed by atoms with Gasteiger partial charge in [-0.25, -0.2) is 4.98 Å². The maximum Gasteiger partial charge on any atom is 0.293 e. The molecule has 0 bridgehead atoms. The van der Waals surface area contributed by atoms with E-state index in [0.717, 1.165) is 0 Å². The first-order chi connectivity index (χ1) is 11.6. The quantitative estimate of drug-likeness (QED) is 0.681. The zero-order valence-corrected chi connectivity index (χ0v) is 12.8. The van der Waals surface area contributed by atoms with Gasteiger partial charge in [-0.3, -0.25) is 14.9 Å². The first-order valence-electron chi connectivity index (χ1n) is 7.48. The highest BCUT2D eigenvalue weighted by molar-refractivity contribution is 6.04. The third-order valence-electron chi connectivity index (χ3n) is 3.69. The Balaban J connectivity index is 1.85. The van der Waals surface area contributed by atoms with Crippen LogP contribution in [0.15, 0.2) is 42.6 Å². The van der Waals surface area contributed by atoms with E-state index in [1.165, 1.54) is 6.07 Å². The van der Waals surface area contributed by atoms with Crippen molar-refractivity contribution in [3.63, 3.8) is 0 Å². The molecule has 0 atom stereocenters. The van der Waals surface area contributed by atoms with E-state index < -0.39 is 10.8 Å². The van der Waals surface area contributed by atoms with E-state index in [1.54, 1.807) is 36.5 Å². The third kappa shape index (κ3) is 3.49. The summed E-state index contributed by atoms with van der Waals surface area (Å²) in [5.74, 6) is -0.0484. The van der Waals surface area contributed by atoms with Gasteiger partial charge in [0, 0.05) is 30.9 Å². The van der Waals surface area contributed by atoms with Crippen LogP contribution >= 0.6 is 0 Å². The van der Waals surface area contributed by atoms with Gasteiger partial charge in [-0.2, -0.15) is 0 Å². The van der Waals surface area contributed by atoms with E-state index in [9.17, 15) is 14.9 Å². The fraction of sp³-hybridized carbons (Fsp3) is 0.250. The van der Waals surface area contributed by atoms with Gasteiger partial charge in [-0.15, -0.1) is 0 Å². The van der Waals surface area contributed by atoms with E-state index in [-0.39, 0.29) is 11.3 Å². The number of nitrogens with zero attached hydrogens (tertiary/aromatic N) is 3. The van der Waals surface area contributed by atoms with Gasteiger partial charge in [0.25, 0.3) is 11.6 Å². The van der Waals surface area contributed by atoms with Crippen molar-refractivity contribution < 1.29 is 14.5 Å². The van der Waals surface area contributed by atoms with Crippen LogP contribution in [0.2, 0.25) is 0 Å². The van der Waals surface area contributed by atoms with Crippen LogP contribution in [-0.2, 0) is 4.74 Å². The lowest BCUT2D eigenvalue weighted by Gasteiger charge is -2.28. The Morgan fingerprint density at radius 1 is 1.25 bits per heavy atom. The van der Waals surface area contributed by atoms with Gasteiger partial charge >= 0.3 is 0 Å². The molecule has 0 aliphatic carbocycles. The number of hydrogen-bond acceptors (Lipinski definition) is 6. The number of morpholine rings is 1. The van der Waals surface area contributed by atoms with Gasteiger partial charge in [-0.1, -0.05) is 6.07 Å². The number of nitro groups is 1. The van der Waals surface area contributed by atoms with Gasteiger partial charge < -0.3 is 15.0 Å². The molecule has 8 heteroatoms. The molecule has 1 fully saturated rings. The number of aromatic nitrogens is 1. The van der Waals surface area contributed by atoms with E-state index in [0.29, 0.717) is 37.8 Å². The SMILES string of the molecule is O=C(Nc1ccccn1)c1ccc(N2CCOCC2)c([N+](=O)[O-])c1. The monoisotopic (exact) mass is 328 g/mol. The van der Waals surface area contributed by atoms with Crippen molar-refractivity contribution in [3.8, 4) is 0 Å². The largest absolute Gasteiger partial charge is 0.378 e. The van der Waals surface area contributed by atoms with Crippen molar-refractivity contribution in [2.75, 3.05) is 36.5 Å². The maximum absolute atomic E-state index is 12.3. The molecule has 2 aromatic rings. The summed E-state index contributed by atoms with van der Waals surface area (Å²) in [7, 11) is 0. The second-order valence-corrected chi connectivity index (χ2v) is 5.23. The van der Waals surface area contributed by atoms with Crippen molar-refractivity contribution in [2.45, 2.75) is 0 Å². The molecule has 0 spiro atoms. The molecule has 0 saturated carbocycles. The molecule has 1 amide bonds. The Bertz CT molecular complexity index is 745. The molecule has 1 saturated heterocycles.